The van der Waals surface area contributed by atoms with Crippen LogP contribution in [0.3, 0.4) is 0 Å². The number of amides is 3. The highest BCUT2D eigenvalue weighted by atomic mass is 16.3. The van der Waals surface area contributed by atoms with Crippen LogP contribution in [0.5, 0.6) is 5.75 Å². The highest BCUT2D eigenvalue weighted by molar-refractivity contribution is 5.98. The highest BCUT2D eigenvalue weighted by Crippen LogP contribution is 2.18. The molecule has 8 nitrogen and oxygen atoms in total. The summed E-state index contributed by atoms with van der Waals surface area (Å²) >= 11 is 0. The topological polar surface area (TPSA) is 125 Å². The van der Waals surface area contributed by atoms with Crippen molar-refractivity contribution in [3.05, 3.63) is 59.7 Å². The fraction of sp³-hybridized carbons (Fsp3) is 0.464. The lowest BCUT2D eigenvalue weighted by atomic mass is 10.0. The number of carbonyl (C=O) groups is 3. The number of aromatic hydroxyl groups is 1. The number of anilines is 1. The van der Waals surface area contributed by atoms with Gasteiger partial charge in [-0.15, -0.1) is 0 Å². The van der Waals surface area contributed by atoms with E-state index in [4.69, 9.17) is 5.73 Å². The van der Waals surface area contributed by atoms with Gasteiger partial charge < -0.3 is 26.4 Å². The first-order valence-electron chi connectivity index (χ1n) is 12.5. The third-order valence-corrected chi connectivity index (χ3v) is 6.06. The molecule has 196 valence electrons. The first-order chi connectivity index (χ1) is 17.1. The van der Waals surface area contributed by atoms with Crippen molar-refractivity contribution in [3.63, 3.8) is 0 Å². The molecule has 2 aromatic carbocycles. The molecule has 0 saturated heterocycles. The maximum absolute atomic E-state index is 12.8. The Labute approximate surface area is 214 Å². The van der Waals surface area contributed by atoms with Crippen LogP contribution in [0.1, 0.15) is 51.2 Å². The van der Waals surface area contributed by atoms with E-state index in [0.29, 0.717) is 30.9 Å². The van der Waals surface area contributed by atoms with Gasteiger partial charge in [0.15, 0.2) is 0 Å². The van der Waals surface area contributed by atoms with Gasteiger partial charge in [0.1, 0.15) is 11.8 Å². The SMILES string of the molecule is CC(C)CCN(C)C(=O)CCCc1ccccc1NC(=O)[C@H](C)NC(=O)[C@@H](N)Cc1ccc(O)cc1. The molecule has 0 saturated carbocycles. The van der Waals surface area contributed by atoms with Gasteiger partial charge in [0, 0.05) is 25.7 Å². The number of rotatable bonds is 13. The Morgan fingerprint density at radius 1 is 1.00 bits per heavy atom. The van der Waals surface area contributed by atoms with Crippen LogP contribution in [0, 0.1) is 5.92 Å². The summed E-state index contributed by atoms with van der Waals surface area (Å²) in [5, 5.41) is 14.9. The van der Waals surface area contributed by atoms with E-state index >= 15 is 0 Å². The van der Waals surface area contributed by atoms with Crippen molar-refractivity contribution < 1.29 is 19.5 Å². The van der Waals surface area contributed by atoms with Crippen molar-refractivity contribution in [3.8, 4) is 5.75 Å². The van der Waals surface area contributed by atoms with Gasteiger partial charge in [0.2, 0.25) is 17.7 Å². The summed E-state index contributed by atoms with van der Waals surface area (Å²) < 4.78 is 0. The minimum absolute atomic E-state index is 0.122. The molecule has 2 aromatic rings. The highest BCUT2D eigenvalue weighted by Gasteiger charge is 2.21. The number of phenolic OH excluding ortho intramolecular Hbond substituents is 1. The fourth-order valence-electron chi connectivity index (χ4n) is 3.66. The summed E-state index contributed by atoms with van der Waals surface area (Å²) in [5.41, 5.74) is 8.42. The lowest BCUT2D eigenvalue weighted by Gasteiger charge is -2.19. The van der Waals surface area contributed by atoms with Crippen LogP contribution < -0.4 is 16.4 Å². The second-order valence-electron chi connectivity index (χ2n) is 9.71. The maximum atomic E-state index is 12.8. The van der Waals surface area contributed by atoms with E-state index in [2.05, 4.69) is 24.5 Å². The molecule has 0 aliphatic carbocycles. The second kappa shape index (κ2) is 14.2. The molecule has 0 aliphatic rings. The van der Waals surface area contributed by atoms with E-state index in [1.165, 1.54) is 12.1 Å². The molecule has 2 atom stereocenters. The Balaban J connectivity index is 1.85. The summed E-state index contributed by atoms with van der Waals surface area (Å²) in [6, 6.07) is 12.3. The van der Waals surface area contributed by atoms with Crippen molar-refractivity contribution in [2.24, 2.45) is 11.7 Å². The lowest BCUT2D eigenvalue weighted by molar-refractivity contribution is -0.130. The number of nitrogens with one attached hydrogen (secondary N) is 2. The third-order valence-electron chi connectivity index (χ3n) is 6.06. The van der Waals surface area contributed by atoms with E-state index in [-0.39, 0.29) is 24.0 Å². The summed E-state index contributed by atoms with van der Waals surface area (Å²) in [6.07, 6.45) is 3.04. The zero-order valence-corrected chi connectivity index (χ0v) is 21.8. The van der Waals surface area contributed by atoms with Gasteiger partial charge in [-0.1, -0.05) is 44.2 Å². The number of para-hydroxylation sites is 1. The molecule has 0 fully saturated rings. The summed E-state index contributed by atoms with van der Waals surface area (Å²) in [5.74, 6) is 0.0363. The number of benzene rings is 2. The minimum atomic E-state index is -0.826. The average Bonchev–Trinajstić information content (AvgIpc) is 2.84. The van der Waals surface area contributed by atoms with Gasteiger partial charge in [-0.2, -0.15) is 0 Å². The predicted octanol–water partition coefficient (Wildman–Crippen LogP) is 3.23. The van der Waals surface area contributed by atoms with E-state index in [1.54, 1.807) is 24.0 Å². The van der Waals surface area contributed by atoms with Crippen molar-refractivity contribution in [1.82, 2.24) is 10.2 Å². The molecule has 0 unspecified atom stereocenters. The summed E-state index contributed by atoms with van der Waals surface area (Å²) in [7, 11) is 1.84. The number of hydrogen-bond donors (Lipinski definition) is 4. The molecule has 0 radical (unpaired) electrons. The van der Waals surface area contributed by atoms with Crippen molar-refractivity contribution >= 4 is 23.4 Å². The minimum Gasteiger partial charge on any atom is -0.508 e. The zero-order chi connectivity index (χ0) is 26.7. The van der Waals surface area contributed by atoms with Crippen LogP contribution >= 0.6 is 0 Å². The third kappa shape index (κ3) is 9.70. The van der Waals surface area contributed by atoms with Gasteiger partial charge in [0.25, 0.3) is 0 Å². The molecule has 2 rings (SSSR count). The normalized spacial score (nSPS) is 12.6. The van der Waals surface area contributed by atoms with Gasteiger partial charge in [-0.25, -0.2) is 0 Å². The Kier molecular flexibility index (Phi) is 11.4. The number of hydrogen-bond acceptors (Lipinski definition) is 5. The van der Waals surface area contributed by atoms with Crippen LogP contribution in [-0.2, 0) is 27.2 Å². The van der Waals surface area contributed by atoms with Crippen molar-refractivity contribution in [2.45, 2.75) is 65.0 Å². The van der Waals surface area contributed by atoms with Crippen molar-refractivity contribution in [2.75, 3.05) is 18.9 Å². The van der Waals surface area contributed by atoms with Crippen LogP contribution in [0.4, 0.5) is 5.69 Å². The number of aryl methyl sites for hydroxylation is 1. The van der Waals surface area contributed by atoms with Gasteiger partial charge >= 0.3 is 0 Å². The second-order valence-corrected chi connectivity index (χ2v) is 9.71. The monoisotopic (exact) mass is 496 g/mol. The first-order valence-corrected chi connectivity index (χ1v) is 12.5. The van der Waals surface area contributed by atoms with Crippen LogP contribution in [0.25, 0.3) is 0 Å². The van der Waals surface area contributed by atoms with Gasteiger partial charge in [0.05, 0.1) is 6.04 Å². The molecule has 36 heavy (non-hydrogen) atoms. The molecular weight excluding hydrogens is 456 g/mol. The number of phenols is 1. The van der Waals surface area contributed by atoms with Crippen molar-refractivity contribution in [1.29, 1.82) is 0 Å². The lowest BCUT2D eigenvalue weighted by Crippen LogP contribution is -2.49. The Bertz CT molecular complexity index is 1010. The van der Waals surface area contributed by atoms with Crippen LogP contribution in [-0.4, -0.2) is 53.4 Å². The molecule has 0 heterocycles. The predicted molar refractivity (Wildman–Crippen MR) is 142 cm³/mol. The quantitative estimate of drug-likeness (QED) is 0.339. The number of nitrogens with two attached hydrogens (primary N) is 1. The van der Waals surface area contributed by atoms with E-state index in [0.717, 1.165) is 24.1 Å². The molecule has 3 amide bonds. The smallest absolute Gasteiger partial charge is 0.246 e. The standard InChI is InChI=1S/C28H40N4O4/c1-19(2)16-17-32(4)26(34)11-7-9-22-8-5-6-10-25(22)31-27(35)20(3)30-28(36)24(29)18-21-12-14-23(33)15-13-21/h5-6,8,10,12-15,19-20,24,33H,7,9,11,16-18,29H2,1-4H3,(H,30,36)(H,31,35)/t20-,24-/m0/s1. The zero-order valence-electron chi connectivity index (χ0n) is 21.8. The van der Waals surface area contributed by atoms with Gasteiger partial charge in [-0.05, 0) is 67.9 Å². The van der Waals surface area contributed by atoms with Gasteiger partial charge in [-0.3, -0.25) is 14.4 Å². The summed E-state index contributed by atoms with van der Waals surface area (Å²) in [6.45, 7) is 6.64. The maximum Gasteiger partial charge on any atom is 0.246 e. The Hall–Kier alpha value is -3.39. The molecular formula is C28H40N4O4. The van der Waals surface area contributed by atoms with E-state index in [1.807, 2.05) is 31.3 Å². The van der Waals surface area contributed by atoms with E-state index in [9.17, 15) is 19.5 Å². The first kappa shape index (κ1) is 28.8. The number of nitrogens with zero attached hydrogens (tertiary/aromatic N) is 1. The molecule has 0 bridgehead atoms. The average molecular weight is 497 g/mol. The molecule has 8 heteroatoms. The number of carbonyl (C=O) groups excluding carboxylic acids is 3. The van der Waals surface area contributed by atoms with E-state index < -0.39 is 18.0 Å². The van der Waals surface area contributed by atoms with Crippen LogP contribution in [0.15, 0.2) is 48.5 Å². The Morgan fingerprint density at radius 2 is 1.67 bits per heavy atom. The molecule has 5 N–H and O–H groups in total. The molecule has 0 aromatic heterocycles. The summed E-state index contributed by atoms with van der Waals surface area (Å²) in [4.78, 5) is 39.4. The molecule has 0 aliphatic heterocycles. The Morgan fingerprint density at radius 3 is 2.33 bits per heavy atom. The van der Waals surface area contributed by atoms with Crippen LogP contribution in [0.2, 0.25) is 0 Å². The molecule has 0 spiro atoms. The largest absolute Gasteiger partial charge is 0.508 e. The fourth-order valence-corrected chi connectivity index (χ4v) is 3.66.